The summed E-state index contributed by atoms with van der Waals surface area (Å²) in [6.07, 6.45) is 0. The summed E-state index contributed by atoms with van der Waals surface area (Å²) < 4.78 is 36.2. The number of carbonyl (C=O) groups is 1. The fourth-order valence-electron chi connectivity index (χ4n) is 1.25. The van der Waals surface area contributed by atoms with Gasteiger partial charge >= 0.3 is 5.51 Å². The maximum atomic E-state index is 11.9. The van der Waals surface area contributed by atoms with Gasteiger partial charge in [-0.15, -0.1) is 0 Å². The van der Waals surface area contributed by atoms with Gasteiger partial charge in [-0.25, -0.2) is 0 Å². The molecule has 1 aromatic carbocycles. The molecule has 0 aliphatic heterocycles. The van der Waals surface area contributed by atoms with Crippen LogP contribution in [0.1, 0.15) is 15.9 Å². The molecule has 0 bridgehead atoms. The van der Waals surface area contributed by atoms with E-state index < -0.39 is 5.51 Å². The van der Waals surface area contributed by atoms with Gasteiger partial charge in [0.1, 0.15) is 0 Å². The van der Waals surface area contributed by atoms with Gasteiger partial charge in [0.05, 0.1) is 5.56 Å². The third-order valence-electron chi connectivity index (χ3n) is 2.09. The summed E-state index contributed by atoms with van der Waals surface area (Å²) in [5, 5.41) is 2.45. The van der Waals surface area contributed by atoms with E-state index in [1.807, 2.05) is 13.0 Å². The summed E-state index contributed by atoms with van der Waals surface area (Å²) in [5.74, 6) is -0.577. The Kier molecular flexibility index (Phi) is 5.52. The van der Waals surface area contributed by atoms with Crippen molar-refractivity contribution in [3.8, 4) is 0 Å². The first-order valence-electron chi connectivity index (χ1n) is 5.05. The molecule has 0 atom stereocenters. The molecule has 1 rings (SSSR count). The second kappa shape index (κ2) is 6.47. The molecule has 0 spiro atoms. The van der Waals surface area contributed by atoms with E-state index in [0.717, 1.165) is 5.56 Å². The minimum atomic E-state index is -4.26. The van der Waals surface area contributed by atoms with Gasteiger partial charge in [-0.3, -0.25) is 4.79 Å². The molecular weight excluding hydrogens is 331 g/mol. The standard InChI is InChI=1S/C11H11BrF3NOS/c1-7-3-2-4-8(9(7)12)10(17)16-5-6-18-11(13,14)15/h2-4H,5-6H2,1H3,(H,16,17). The predicted molar refractivity (Wildman–Crippen MR) is 69.7 cm³/mol. The molecule has 2 nitrogen and oxygen atoms in total. The summed E-state index contributed by atoms with van der Waals surface area (Å²) in [5.41, 5.74) is -2.94. The number of aryl methyl sites for hydroxylation is 1. The topological polar surface area (TPSA) is 29.1 Å². The Balaban J connectivity index is 2.49. The van der Waals surface area contributed by atoms with E-state index in [9.17, 15) is 18.0 Å². The normalized spacial score (nSPS) is 11.4. The van der Waals surface area contributed by atoms with Crippen molar-refractivity contribution >= 4 is 33.6 Å². The van der Waals surface area contributed by atoms with Crippen LogP contribution in [0.4, 0.5) is 13.2 Å². The Morgan fingerprint density at radius 1 is 1.44 bits per heavy atom. The van der Waals surface area contributed by atoms with Gasteiger partial charge in [0.25, 0.3) is 5.91 Å². The number of rotatable bonds is 4. The van der Waals surface area contributed by atoms with Gasteiger partial charge < -0.3 is 5.32 Å². The predicted octanol–water partition coefficient (Wildman–Crippen LogP) is 3.74. The average molecular weight is 342 g/mol. The number of amides is 1. The number of benzene rings is 1. The van der Waals surface area contributed by atoms with Gasteiger partial charge in [-0.05, 0) is 46.2 Å². The number of alkyl halides is 3. The highest BCUT2D eigenvalue weighted by Gasteiger charge is 2.27. The van der Waals surface area contributed by atoms with Crippen molar-refractivity contribution in [2.75, 3.05) is 12.3 Å². The molecule has 0 unspecified atom stereocenters. The summed E-state index contributed by atoms with van der Waals surface area (Å²) in [6.45, 7) is 1.81. The van der Waals surface area contributed by atoms with Gasteiger partial charge in [0.15, 0.2) is 0 Å². The third kappa shape index (κ3) is 4.89. The van der Waals surface area contributed by atoms with Crippen molar-refractivity contribution in [3.05, 3.63) is 33.8 Å². The van der Waals surface area contributed by atoms with Crippen LogP contribution in [0.3, 0.4) is 0 Å². The van der Waals surface area contributed by atoms with Crippen LogP contribution in [-0.2, 0) is 0 Å². The van der Waals surface area contributed by atoms with Crippen LogP contribution in [0.15, 0.2) is 22.7 Å². The van der Waals surface area contributed by atoms with Crippen LogP contribution in [0, 0.1) is 6.92 Å². The van der Waals surface area contributed by atoms with Crippen LogP contribution in [0.2, 0.25) is 0 Å². The van der Waals surface area contributed by atoms with Crippen LogP contribution < -0.4 is 5.32 Å². The van der Waals surface area contributed by atoms with E-state index in [0.29, 0.717) is 10.0 Å². The SMILES string of the molecule is Cc1cccc(C(=O)NCCSC(F)(F)F)c1Br. The van der Waals surface area contributed by atoms with Gasteiger partial charge in [-0.1, -0.05) is 12.1 Å². The summed E-state index contributed by atoms with van der Waals surface area (Å²) in [6, 6.07) is 5.17. The minimum Gasteiger partial charge on any atom is -0.351 e. The summed E-state index contributed by atoms with van der Waals surface area (Å²) in [4.78, 5) is 11.7. The smallest absolute Gasteiger partial charge is 0.351 e. The van der Waals surface area contributed by atoms with E-state index in [2.05, 4.69) is 21.2 Å². The highest BCUT2D eigenvalue weighted by atomic mass is 79.9. The molecule has 0 aliphatic carbocycles. The van der Waals surface area contributed by atoms with Crippen LogP contribution in [-0.4, -0.2) is 23.7 Å². The molecular formula is C11H11BrF3NOS. The molecule has 100 valence electrons. The Labute approximate surface area is 115 Å². The highest BCUT2D eigenvalue weighted by Crippen LogP contribution is 2.29. The molecule has 1 aromatic rings. The highest BCUT2D eigenvalue weighted by molar-refractivity contribution is 9.10. The number of hydrogen-bond acceptors (Lipinski definition) is 2. The van der Waals surface area contributed by atoms with E-state index in [1.165, 1.54) is 0 Å². The maximum Gasteiger partial charge on any atom is 0.441 e. The quantitative estimate of drug-likeness (QED) is 0.845. The first kappa shape index (κ1) is 15.4. The fraction of sp³-hybridized carbons (Fsp3) is 0.364. The van der Waals surface area contributed by atoms with Crippen LogP contribution >= 0.6 is 27.7 Å². The lowest BCUT2D eigenvalue weighted by molar-refractivity contribution is -0.0327. The van der Waals surface area contributed by atoms with Gasteiger partial charge in [0, 0.05) is 16.8 Å². The third-order valence-corrected chi connectivity index (χ3v) is 3.88. The molecule has 1 N–H and O–H groups in total. The molecule has 0 heterocycles. The van der Waals surface area contributed by atoms with Crippen LogP contribution in [0.25, 0.3) is 0 Å². The van der Waals surface area contributed by atoms with E-state index in [-0.39, 0.29) is 30.0 Å². The van der Waals surface area contributed by atoms with E-state index >= 15 is 0 Å². The minimum absolute atomic E-state index is 0.0244. The number of hydrogen-bond donors (Lipinski definition) is 1. The Morgan fingerprint density at radius 2 is 2.11 bits per heavy atom. The number of thioether (sulfide) groups is 1. The summed E-state index contributed by atoms with van der Waals surface area (Å²) in [7, 11) is 0. The van der Waals surface area contributed by atoms with Crippen molar-refractivity contribution in [1.82, 2.24) is 5.32 Å². The fourth-order valence-corrected chi connectivity index (χ4v) is 2.13. The molecule has 0 radical (unpaired) electrons. The zero-order valence-corrected chi connectivity index (χ0v) is 11.9. The Bertz CT molecular complexity index is 437. The zero-order valence-electron chi connectivity index (χ0n) is 9.47. The molecule has 0 saturated heterocycles. The number of halogens is 4. The molecule has 0 aliphatic rings. The molecule has 0 saturated carbocycles. The van der Waals surface area contributed by atoms with Crippen molar-refractivity contribution in [3.63, 3.8) is 0 Å². The summed E-state index contributed by atoms with van der Waals surface area (Å²) >= 11 is 3.13. The molecule has 1 amide bonds. The molecule has 0 fully saturated rings. The average Bonchev–Trinajstić information content (AvgIpc) is 2.26. The number of nitrogens with one attached hydrogen (secondary N) is 1. The first-order valence-corrected chi connectivity index (χ1v) is 6.83. The van der Waals surface area contributed by atoms with Gasteiger partial charge in [-0.2, -0.15) is 13.2 Å². The molecule has 0 aromatic heterocycles. The second-order valence-corrected chi connectivity index (χ2v) is 5.44. The number of carbonyl (C=O) groups excluding carboxylic acids is 1. The molecule has 18 heavy (non-hydrogen) atoms. The van der Waals surface area contributed by atoms with Crippen molar-refractivity contribution in [2.24, 2.45) is 0 Å². The monoisotopic (exact) mass is 341 g/mol. The van der Waals surface area contributed by atoms with E-state index in [1.54, 1.807) is 12.1 Å². The second-order valence-electron chi connectivity index (χ2n) is 3.49. The maximum absolute atomic E-state index is 11.9. The van der Waals surface area contributed by atoms with E-state index in [4.69, 9.17) is 0 Å². The Hall–Kier alpha value is -0.690. The van der Waals surface area contributed by atoms with Crippen molar-refractivity contribution in [1.29, 1.82) is 0 Å². The first-order chi connectivity index (χ1) is 8.31. The zero-order chi connectivity index (χ0) is 13.8. The largest absolute Gasteiger partial charge is 0.441 e. The van der Waals surface area contributed by atoms with Crippen molar-refractivity contribution < 1.29 is 18.0 Å². The molecule has 7 heteroatoms. The van der Waals surface area contributed by atoms with Gasteiger partial charge in [0.2, 0.25) is 0 Å². The lowest BCUT2D eigenvalue weighted by Gasteiger charge is -2.09. The van der Waals surface area contributed by atoms with Crippen LogP contribution in [0.5, 0.6) is 0 Å². The lowest BCUT2D eigenvalue weighted by Crippen LogP contribution is -2.26. The van der Waals surface area contributed by atoms with Crippen molar-refractivity contribution in [2.45, 2.75) is 12.4 Å². The Morgan fingerprint density at radius 3 is 2.72 bits per heavy atom. The lowest BCUT2D eigenvalue weighted by atomic mass is 10.1.